The molecule has 3 atom stereocenters. The molecular formula is C30H36BrClN4O6. The number of nitrogens with zero attached hydrogens (tertiary/aromatic N) is 3. The van der Waals surface area contributed by atoms with Gasteiger partial charge in [-0.1, -0.05) is 28.1 Å². The van der Waals surface area contributed by atoms with Gasteiger partial charge < -0.3 is 33.9 Å². The summed E-state index contributed by atoms with van der Waals surface area (Å²) in [5, 5.41) is 0.608. The Kier molecular flexibility index (Phi) is 10.1. The van der Waals surface area contributed by atoms with Gasteiger partial charge in [-0.05, 0) is 49.7 Å². The number of carbonyl (C=O) groups excluding carboxylic acids is 3. The van der Waals surface area contributed by atoms with E-state index in [-0.39, 0.29) is 30.2 Å². The van der Waals surface area contributed by atoms with Gasteiger partial charge in [0.2, 0.25) is 0 Å². The second-order valence-corrected chi connectivity index (χ2v) is 11.2. The van der Waals surface area contributed by atoms with Crippen LogP contribution >= 0.6 is 28.3 Å². The Morgan fingerprint density at radius 3 is 2.40 bits per heavy atom. The highest BCUT2D eigenvalue weighted by molar-refractivity contribution is 9.09. The number of hydrogen-bond acceptors (Lipinski definition) is 7. The maximum absolute atomic E-state index is 13.6. The molecule has 0 radical (unpaired) electrons. The number of carbonyl (C=O) groups is 3. The maximum Gasteiger partial charge on any atom is 0.410 e. The molecule has 5 rings (SSSR count). The van der Waals surface area contributed by atoms with Crippen LogP contribution in [0.5, 0.6) is 5.75 Å². The summed E-state index contributed by atoms with van der Waals surface area (Å²) in [5.74, 6) is -0.200. The van der Waals surface area contributed by atoms with E-state index >= 15 is 0 Å². The smallest absolute Gasteiger partial charge is 0.410 e. The van der Waals surface area contributed by atoms with Gasteiger partial charge in [-0.25, -0.2) is 9.59 Å². The fourth-order valence-electron chi connectivity index (χ4n) is 5.84. The van der Waals surface area contributed by atoms with Crippen molar-refractivity contribution in [2.75, 3.05) is 59.3 Å². The van der Waals surface area contributed by atoms with Gasteiger partial charge in [0.05, 0.1) is 25.5 Å². The molecule has 0 saturated carbocycles. The van der Waals surface area contributed by atoms with Gasteiger partial charge in [0.15, 0.2) is 6.10 Å². The predicted molar refractivity (Wildman–Crippen MR) is 164 cm³/mol. The Morgan fingerprint density at radius 2 is 1.79 bits per heavy atom. The summed E-state index contributed by atoms with van der Waals surface area (Å²) >= 11 is 3.64. The molecule has 1 aliphatic carbocycles. The second-order valence-electron chi connectivity index (χ2n) is 10.6. The van der Waals surface area contributed by atoms with Gasteiger partial charge in [-0.15, -0.1) is 12.4 Å². The number of allylic oxidation sites excluding steroid dienone is 1. The Morgan fingerprint density at radius 1 is 1.10 bits per heavy atom. The molecule has 12 heteroatoms. The number of ether oxygens (including phenoxy) is 3. The summed E-state index contributed by atoms with van der Waals surface area (Å²) in [6.07, 6.45) is 3.93. The number of likely N-dealkylation sites (N-methyl/N-ethyl adjacent to an activating group) is 1. The van der Waals surface area contributed by atoms with Crippen molar-refractivity contribution in [1.29, 1.82) is 0 Å². The number of fused-ring (bicyclic) bond motifs is 3. The van der Waals surface area contributed by atoms with Crippen LogP contribution in [0.1, 0.15) is 44.9 Å². The number of rotatable bonds is 6. The van der Waals surface area contributed by atoms with Crippen LogP contribution in [0.2, 0.25) is 0 Å². The Balaban J connectivity index is 0.00000405. The zero-order valence-electron chi connectivity index (χ0n) is 24.1. The van der Waals surface area contributed by atoms with Crippen molar-refractivity contribution in [3.05, 3.63) is 70.2 Å². The SMILES string of the molecule is COC(=O)c1c(C)[nH]c2c1C1C(=CC2OC(=O)N2CCN(C)CC2)N(C(=O)/C=C/c2ccc(OC)cc2)C[C@H]1CBr.Cl. The van der Waals surface area contributed by atoms with Gasteiger partial charge in [0, 0.05) is 67.0 Å². The third-order valence-corrected chi connectivity index (χ3v) is 8.90. The van der Waals surface area contributed by atoms with Crippen molar-refractivity contribution in [3.8, 4) is 5.75 Å². The number of aromatic amines is 1. The Hall–Kier alpha value is -3.28. The summed E-state index contributed by atoms with van der Waals surface area (Å²) in [5.41, 5.74) is 4.00. The fourth-order valence-corrected chi connectivity index (χ4v) is 6.42. The Bertz CT molecular complexity index is 1380. The first-order valence-electron chi connectivity index (χ1n) is 13.6. The number of aromatic nitrogens is 1. The molecule has 2 aromatic rings. The van der Waals surface area contributed by atoms with E-state index in [0.29, 0.717) is 47.6 Å². The standard InChI is InChI=1S/C30H35BrN4O6.ClH/c1-18-25(29(37)40-4)27-26-20(16-31)17-35(24(36)10-7-19-5-8-21(39-3)9-6-19)22(26)15-23(28(27)32-18)41-30(38)34-13-11-33(2)12-14-34;/h5-10,15,20,23,26,32H,11-14,16-17H2,1-4H3;1H/b10-7+;/t20-,23?,26?;/m1./s1. The number of nitrogens with one attached hydrogen (secondary N) is 1. The molecule has 2 aliphatic heterocycles. The molecule has 226 valence electrons. The first-order valence-corrected chi connectivity index (χ1v) is 14.7. The minimum Gasteiger partial charge on any atom is -0.497 e. The maximum atomic E-state index is 13.6. The Labute approximate surface area is 260 Å². The molecule has 0 bridgehead atoms. The number of piperazine rings is 1. The van der Waals surface area contributed by atoms with Crippen LogP contribution in [0.25, 0.3) is 6.08 Å². The molecule has 2 amide bonds. The van der Waals surface area contributed by atoms with Crippen molar-refractivity contribution in [2.24, 2.45) is 5.92 Å². The quantitative estimate of drug-likeness (QED) is 0.276. The zero-order valence-corrected chi connectivity index (χ0v) is 26.5. The lowest BCUT2D eigenvalue weighted by molar-refractivity contribution is -0.123. The molecule has 3 aliphatic rings. The minimum absolute atomic E-state index is 0. The molecule has 0 spiro atoms. The van der Waals surface area contributed by atoms with Gasteiger partial charge in [0.1, 0.15) is 5.75 Å². The number of esters is 1. The van der Waals surface area contributed by atoms with Gasteiger partial charge in [-0.3, -0.25) is 4.79 Å². The number of aryl methyl sites for hydroxylation is 1. The number of alkyl halides is 1. The third kappa shape index (κ3) is 6.09. The van der Waals surface area contributed by atoms with E-state index in [2.05, 4.69) is 25.8 Å². The van der Waals surface area contributed by atoms with Crippen LogP contribution in [-0.4, -0.2) is 97.0 Å². The van der Waals surface area contributed by atoms with Crippen LogP contribution in [-0.2, 0) is 14.3 Å². The second kappa shape index (κ2) is 13.4. The fraction of sp³-hybridized carbons (Fsp3) is 0.433. The number of methoxy groups -OCH3 is 2. The summed E-state index contributed by atoms with van der Waals surface area (Å²) in [6.45, 7) is 4.91. The van der Waals surface area contributed by atoms with Crippen LogP contribution in [0.4, 0.5) is 4.79 Å². The van der Waals surface area contributed by atoms with Crippen LogP contribution in [0, 0.1) is 12.8 Å². The third-order valence-electron chi connectivity index (χ3n) is 8.07. The van der Waals surface area contributed by atoms with Crippen molar-refractivity contribution < 1.29 is 28.6 Å². The van der Waals surface area contributed by atoms with E-state index in [1.54, 1.807) is 29.1 Å². The highest BCUT2D eigenvalue weighted by Crippen LogP contribution is 2.51. The molecule has 1 aromatic heterocycles. The van der Waals surface area contributed by atoms with Crippen LogP contribution < -0.4 is 4.74 Å². The van der Waals surface area contributed by atoms with Gasteiger partial charge in [-0.2, -0.15) is 0 Å². The monoisotopic (exact) mass is 662 g/mol. The molecular weight excluding hydrogens is 628 g/mol. The molecule has 10 nitrogen and oxygen atoms in total. The lowest BCUT2D eigenvalue weighted by Crippen LogP contribution is -2.47. The van der Waals surface area contributed by atoms with E-state index in [0.717, 1.165) is 30.0 Å². The van der Waals surface area contributed by atoms with Gasteiger partial charge in [0.25, 0.3) is 5.91 Å². The molecule has 42 heavy (non-hydrogen) atoms. The molecule has 2 saturated heterocycles. The van der Waals surface area contributed by atoms with Crippen molar-refractivity contribution >= 4 is 52.4 Å². The predicted octanol–water partition coefficient (Wildman–Crippen LogP) is 4.51. The highest BCUT2D eigenvalue weighted by atomic mass is 79.9. The first-order chi connectivity index (χ1) is 19.7. The molecule has 2 unspecified atom stereocenters. The normalized spacial score (nSPS) is 21.7. The molecule has 1 aromatic carbocycles. The minimum atomic E-state index is -0.796. The molecule has 1 N–H and O–H groups in total. The average molecular weight is 664 g/mol. The number of halogens is 2. The van der Waals surface area contributed by atoms with Crippen molar-refractivity contribution in [3.63, 3.8) is 0 Å². The molecule has 3 heterocycles. The number of likely N-dealkylation sites (tertiary alicyclic amines) is 1. The van der Waals surface area contributed by atoms with E-state index < -0.39 is 18.2 Å². The average Bonchev–Trinajstić information content (AvgIpc) is 3.53. The lowest BCUT2D eigenvalue weighted by atomic mass is 9.80. The van der Waals surface area contributed by atoms with E-state index in [1.165, 1.54) is 7.11 Å². The molecule has 2 fully saturated rings. The van der Waals surface area contributed by atoms with Gasteiger partial charge >= 0.3 is 12.1 Å². The first kappa shape index (κ1) is 31.7. The van der Waals surface area contributed by atoms with Crippen molar-refractivity contribution in [2.45, 2.75) is 18.9 Å². The number of amides is 2. The topological polar surface area (TPSA) is 104 Å². The van der Waals surface area contributed by atoms with Crippen LogP contribution in [0.15, 0.2) is 42.1 Å². The number of hydrogen-bond donors (Lipinski definition) is 1. The van der Waals surface area contributed by atoms with E-state index in [9.17, 15) is 14.4 Å². The summed E-state index contributed by atoms with van der Waals surface area (Å²) in [6, 6.07) is 7.43. The zero-order chi connectivity index (χ0) is 29.3. The number of benzene rings is 1. The van der Waals surface area contributed by atoms with Crippen molar-refractivity contribution in [1.82, 2.24) is 19.7 Å². The lowest BCUT2D eigenvalue weighted by Gasteiger charge is -2.34. The largest absolute Gasteiger partial charge is 0.497 e. The van der Waals surface area contributed by atoms with Crippen LogP contribution in [0.3, 0.4) is 0 Å². The number of H-pyrrole nitrogens is 1. The summed E-state index contributed by atoms with van der Waals surface area (Å²) in [7, 11) is 4.98. The summed E-state index contributed by atoms with van der Waals surface area (Å²) in [4.78, 5) is 48.7. The summed E-state index contributed by atoms with van der Waals surface area (Å²) < 4.78 is 16.4. The van der Waals surface area contributed by atoms with E-state index in [1.807, 2.05) is 44.3 Å². The highest BCUT2D eigenvalue weighted by Gasteiger charge is 2.48. The van der Waals surface area contributed by atoms with E-state index in [4.69, 9.17) is 14.2 Å².